The van der Waals surface area contributed by atoms with Crippen molar-refractivity contribution in [2.45, 2.75) is 13.0 Å². The third-order valence-electron chi connectivity index (χ3n) is 4.39. The van der Waals surface area contributed by atoms with Crippen molar-refractivity contribution in [1.82, 2.24) is 5.32 Å². The molecule has 1 aromatic heterocycles. The quantitative estimate of drug-likeness (QED) is 0.341. The van der Waals surface area contributed by atoms with Gasteiger partial charge in [-0.1, -0.05) is 12.0 Å². The van der Waals surface area contributed by atoms with E-state index in [1.54, 1.807) is 13.0 Å². The molecule has 1 amide bonds. The highest BCUT2D eigenvalue weighted by Crippen LogP contribution is 2.39. The van der Waals surface area contributed by atoms with Crippen LogP contribution in [0.2, 0.25) is 0 Å². The van der Waals surface area contributed by atoms with Gasteiger partial charge in [0.2, 0.25) is 10.0 Å². The predicted molar refractivity (Wildman–Crippen MR) is 111 cm³/mol. The van der Waals surface area contributed by atoms with Gasteiger partial charge in [-0.15, -0.1) is 0 Å². The number of fused-ring (bicyclic) bond motifs is 1. The molecule has 0 aliphatic heterocycles. The number of furan rings is 1. The molecule has 0 aliphatic rings. The molecular formula is C19H18FN5O4S. The molecule has 0 aliphatic carbocycles. The normalized spacial score (nSPS) is 12.3. The minimum atomic E-state index is -3.65. The summed E-state index contributed by atoms with van der Waals surface area (Å²) < 4.78 is 45.2. The first kappa shape index (κ1) is 21.2. The number of nitrogens with one attached hydrogen (secondary N) is 2. The predicted octanol–water partition coefficient (Wildman–Crippen LogP) is 4.34. The number of hydrogen-bond donors (Lipinski definition) is 2. The number of amides is 1. The highest BCUT2D eigenvalue weighted by Gasteiger charge is 2.24. The van der Waals surface area contributed by atoms with Gasteiger partial charge in [0.05, 0.1) is 23.5 Å². The van der Waals surface area contributed by atoms with Crippen molar-refractivity contribution in [2.75, 3.05) is 18.0 Å². The Hall–Kier alpha value is -3.56. The Morgan fingerprint density at radius 1 is 1.27 bits per heavy atom. The third kappa shape index (κ3) is 4.22. The van der Waals surface area contributed by atoms with Crippen molar-refractivity contribution in [3.63, 3.8) is 0 Å². The standard InChI is InChI=1S/C19H18FN5O4S/c1-10(23-25-21)13-8-14-16(9-15(13)24-30(3,27)28)29-18(17(14)19(26)22-2)11-4-6-12(20)7-5-11/h4-10,24H,1-3H3,(H,22,26). The Kier molecular flexibility index (Phi) is 5.68. The molecule has 0 bridgehead atoms. The van der Waals surface area contributed by atoms with Crippen LogP contribution in [0.5, 0.6) is 0 Å². The van der Waals surface area contributed by atoms with Crippen molar-refractivity contribution in [3.05, 3.63) is 63.8 Å². The Balaban J connectivity index is 2.36. The number of sulfonamides is 1. The lowest BCUT2D eigenvalue weighted by Crippen LogP contribution is -2.18. The van der Waals surface area contributed by atoms with Gasteiger partial charge in [-0.3, -0.25) is 9.52 Å². The number of rotatable bonds is 6. The van der Waals surface area contributed by atoms with E-state index in [0.29, 0.717) is 16.5 Å². The first-order valence-electron chi connectivity index (χ1n) is 8.75. The highest BCUT2D eigenvalue weighted by molar-refractivity contribution is 7.92. The average Bonchev–Trinajstić information content (AvgIpc) is 3.04. The molecule has 2 N–H and O–H groups in total. The zero-order valence-electron chi connectivity index (χ0n) is 16.3. The lowest BCUT2D eigenvalue weighted by atomic mass is 10.00. The van der Waals surface area contributed by atoms with Gasteiger partial charge in [0.15, 0.2) is 0 Å². The van der Waals surface area contributed by atoms with Crippen LogP contribution in [-0.4, -0.2) is 27.6 Å². The summed E-state index contributed by atoms with van der Waals surface area (Å²) in [5.41, 5.74) is 10.2. The molecule has 11 heteroatoms. The number of benzene rings is 2. The van der Waals surface area contributed by atoms with Crippen LogP contribution in [-0.2, 0) is 10.0 Å². The van der Waals surface area contributed by atoms with Crippen LogP contribution in [0.15, 0.2) is 45.9 Å². The fourth-order valence-electron chi connectivity index (χ4n) is 3.09. The third-order valence-corrected chi connectivity index (χ3v) is 4.98. The first-order valence-corrected chi connectivity index (χ1v) is 10.6. The lowest BCUT2D eigenvalue weighted by Gasteiger charge is -2.13. The molecule has 3 aromatic rings. The van der Waals surface area contributed by atoms with E-state index < -0.39 is 27.8 Å². The molecular weight excluding hydrogens is 413 g/mol. The number of carbonyl (C=O) groups is 1. The van der Waals surface area contributed by atoms with E-state index in [1.807, 2.05) is 0 Å². The second kappa shape index (κ2) is 8.05. The highest BCUT2D eigenvalue weighted by atomic mass is 32.2. The van der Waals surface area contributed by atoms with Crippen molar-refractivity contribution in [3.8, 4) is 11.3 Å². The smallest absolute Gasteiger partial charge is 0.255 e. The van der Waals surface area contributed by atoms with Gasteiger partial charge in [-0.25, -0.2) is 12.8 Å². The maximum atomic E-state index is 13.3. The fourth-order valence-corrected chi connectivity index (χ4v) is 3.66. The first-order chi connectivity index (χ1) is 14.1. The maximum absolute atomic E-state index is 13.3. The van der Waals surface area contributed by atoms with Crippen molar-refractivity contribution >= 4 is 32.6 Å². The second-order valence-corrected chi connectivity index (χ2v) is 8.33. The summed E-state index contributed by atoms with van der Waals surface area (Å²) in [7, 11) is -2.19. The molecule has 3 rings (SSSR count). The van der Waals surface area contributed by atoms with E-state index in [4.69, 9.17) is 9.95 Å². The van der Waals surface area contributed by atoms with Gasteiger partial charge in [0.25, 0.3) is 5.91 Å². The number of halogens is 1. The second-order valence-electron chi connectivity index (χ2n) is 6.58. The van der Waals surface area contributed by atoms with E-state index in [9.17, 15) is 17.6 Å². The molecule has 0 radical (unpaired) electrons. The van der Waals surface area contributed by atoms with Crippen LogP contribution < -0.4 is 10.0 Å². The molecule has 30 heavy (non-hydrogen) atoms. The minimum Gasteiger partial charge on any atom is -0.455 e. The van der Waals surface area contributed by atoms with E-state index >= 15 is 0 Å². The van der Waals surface area contributed by atoms with Crippen molar-refractivity contribution in [2.24, 2.45) is 5.11 Å². The summed E-state index contributed by atoms with van der Waals surface area (Å²) in [5.74, 6) is -0.691. The zero-order valence-corrected chi connectivity index (χ0v) is 17.1. The number of hydrogen-bond acceptors (Lipinski definition) is 5. The molecule has 0 fully saturated rings. The zero-order chi connectivity index (χ0) is 22.1. The molecule has 1 heterocycles. The van der Waals surface area contributed by atoms with E-state index in [0.717, 1.165) is 6.26 Å². The summed E-state index contributed by atoms with van der Waals surface area (Å²) in [5, 5.41) is 6.57. The summed E-state index contributed by atoms with van der Waals surface area (Å²) >= 11 is 0. The van der Waals surface area contributed by atoms with Crippen LogP contribution in [0.25, 0.3) is 32.7 Å². The summed E-state index contributed by atoms with van der Waals surface area (Å²) in [6.07, 6.45) is 0.987. The molecule has 9 nitrogen and oxygen atoms in total. The maximum Gasteiger partial charge on any atom is 0.255 e. The van der Waals surface area contributed by atoms with Crippen LogP contribution in [0, 0.1) is 5.82 Å². The number of carbonyl (C=O) groups excluding carboxylic acids is 1. The molecule has 0 spiro atoms. The largest absolute Gasteiger partial charge is 0.455 e. The van der Waals surface area contributed by atoms with Gasteiger partial charge < -0.3 is 9.73 Å². The van der Waals surface area contributed by atoms with Gasteiger partial charge in [0.1, 0.15) is 17.2 Å². The SMILES string of the molecule is CNC(=O)c1c(-c2ccc(F)cc2)oc2cc(NS(C)(=O)=O)c(C(C)N=[N+]=[N-])cc12. The van der Waals surface area contributed by atoms with E-state index in [-0.39, 0.29) is 22.6 Å². The van der Waals surface area contributed by atoms with Gasteiger partial charge in [-0.05, 0) is 41.4 Å². The Morgan fingerprint density at radius 2 is 1.93 bits per heavy atom. The van der Waals surface area contributed by atoms with Gasteiger partial charge in [0, 0.05) is 29.0 Å². The van der Waals surface area contributed by atoms with Crippen LogP contribution >= 0.6 is 0 Å². The van der Waals surface area contributed by atoms with Crippen LogP contribution in [0.1, 0.15) is 28.9 Å². The Morgan fingerprint density at radius 3 is 2.50 bits per heavy atom. The van der Waals surface area contributed by atoms with Crippen LogP contribution in [0.3, 0.4) is 0 Å². The monoisotopic (exact) mass is 431 g/mol. The molecule has 1 atom stereocenters. The van der Waals surface area contributed by atoms with Crippen molar-refractivity contribution in [1.29, 1.82) is 0 Å². The summed E-state index contributed by atoms with van der Waals surface area (Å²) in [6.45, 7) is 1.59. The molecule has 0 saturated heterocycles. The lowest BCUT2D eigenvalue weighted by molar-refractivity contribution is 0.0964. The number of anilines is 1. The number of nitrogens with zero attached hydrogens (tertiary/aromatic N) is 3. The van der Waals surface area contributed by atoms with E-state index in [1.165, 1.54) is 37.4 Å². The van der Waals surface area contributed by atoms with Crippen LogP contribution in [0.4, 0.5) is 10.1 Å². The molecule has 2 aromatic carbocycles. The van der Waals surface area contributed by atoms with Gasteiger partial charge in [-0.2, -0.15) is 0 Å². The van der Waals surface area contributed by atoms with E-state index in [2.05, 4.69) is 20.1 Å². The molecule has 1 unspecified atom stereocenters. The topological polar surface area (TPSA) is 137 Å². The molecule has 0 saturated carbocycles. The number of azide groups is 1. The van der Waals surface area contributed by atoms with Crippen molar-refractivity contribution < 1.29 is 22.0 Å². The Bertz CT molecular complexity index is 1280. The summed E-state index contributed by atoms with van der Waals surface area (Å²) in [4.78, 5) is 15.4. The minimum absolute atomic E-state index is 0.160. The summed E-state index contributed by atoms with van der Waals surface area (Å²) in [6, 6.07) is 7.66. The van der Waals surface area contributed by atoms with Gasteiger partial charge >= 0.3 is 0 Å². The molecule has 156 valence electrons. The Labute approximate surface area is 171 Å². The fraction of sp³-hybridized carbons (Fsp3) is 0.211. The average molecular weight is 431 g/mol.